The summed E-state index contributed by atoms with van der Waals surface area (Å²) in [6.07, 6.45) is 0. The van der Waals surface area contributed by atoms with Gasteiger partial charge in [-0.2, -0.15) is 0 Å². The maximum Gasteiger partial charge on any atom is 0.137 e. The smallest absolute Gasteiger partial charge is 0.137 e. The van der Waals surface area contributed by atoms with Crippen LogP contribution >= 0.6 is 15.9 Å². The molecule has 2 nitrogen and oxygen atoms in total. The highest BCUT2D eigenvalue weighted by molar-refractivity contribution is 9.10. The van der Waals surface area contributed by atoms with Crippen LogP contribution in [0.2, 0.25) is 0 Å². The van der Waals surface area contributed by atoms with E-state index >= 15 is 0 Å². The Hall–Kier alpha value is -1.39. The molecule has 4 heteroatoms. The van der Waals surface area contributed by atoms with Gasteiger partial charge in [0.15, 0.2) is 0 Å². The van der Waals surface area contributed by atoms with Crippen LogP contribution in [0.15, 0.2) is 46.9 Å². The molecule has 0 heterocycles. The zero-order chi connectivity index (χ0) is 13.7. The minimum atomic E-state index is -0.239. The summed E-state index contributed by atoms with van der Waals surface area (Å²) in [5.74, 6) is 0.611. The number of hydrogen-bond acceptors (Lipinski definition) is 2. The maximum atomic E-state index is 13.1. The lowest BCUT2D eigenvalue weighted by molar-refractivity contribution is 0.414. The first-order valence-electron chi connectivity index (χ1n) is 5.96. The van der Waals surface area contributed by atoms with Crippen molar-refractivity contribution in [2.75, 3.05) is 7.11 Å². The fraction of sp³-hybridized carbons (Fsp3) is 0.200. The highest BCUT2D eigenvalue weighted by Gasteiger charge is 2.01. The molecule has 0 spiro atoms. The number of methoxy groups -OCH3 is 1. The summed E-state index contributed by atoms with van der Waals surface area (Å²) < 4.78 is 18.8. The number of nitrogens with one attached hydrogen (secondary N) is 1. The van der Waals surface area contributed by atoms with Gasteiger partial charge in [-0.05, 0) is 51.3 Å². The molecule has 2 aromatic rings. The fourth-order valence-electron chi connectivity index (χ4n) is 1.78. The molecular formula is C15H15BrFNO. The molecule has 0 amide bonds. The van der Waals surface area contributed by atoms with Gasteiger partial charge >= 0.3 is 0 Å². The monoisotopic (exact) mass is 323 g/mol. The minimum absolute atomic E-state index is 0.239. The number of ether oxygens (including phenoxy) is 1. The van der Waals surface area contributed by atoms with E-state index in [9.17, 15) is 4.39 Å². The van der Waals surface area contributed by atoms with Crippen LogP contribution in [0.3, 0.4) is 0 Å². The Labute approximate surface area is 120 Å². The third kappa shape index (κ3) is 4.04. The predicted octanol–water partition coefficient (Wildman–Crippen LogP) is 3.89. The van der Waals surface area contributed by atoms with Crippen LogP contribution in [0.4, 0.5) is 4.39 Å². The van der Waals surface area contributed by atoms with Gasteiger partial charge in [0.05, 0.1) is 11.6 Å². The van der Waals surface area contributed by atoms with E-state index in [-0.39, 0.29) is 5.82 Å². The Morgan fingerprint density at radius 1 is 1.11 bits per heavy atom. The predicted molar refractivity (Wildman–Crippen MR) is 77.6 cm³/mol. The quantitative estimate of drug-likeness (QED) is 0.901. The lowest BCUT2D eigenvalue weighted by Crippen LogP contribution is -2.12. The molecule has 0 bridgehead atoms. The number of halogens is 2. The zero-order valence-electron chi connectivity index (χ0n) is 10.6. The average Bonchev–Trinajstić information content (AvgIpc) is 2.43. The Morgan fingerprint density at radius 2 is 1.84 bits per heavy atom. The summed E-state index contributed by atoms with van der Waals surface area (Å²) in [5.41, 5.74) is 2.19. The highest BCUT2D eigenvalue weighted by atomic mass is 79.9. The van der Waals surface area contributed by atoms with Crippen molar-refractivity contribution in [3.05, 3.63) is 63.9 Å². The molecule has 2 rings (SSSR count). The van der Waals surface area contributed by atoms with Crippen molar-refractivity contribution >= 4 is 15.9 Å². The number of hydrogen-bond donors (Lipinski definition) is 1. The first-order valence-corrected chi connectivity index (χ1v) is 6.76. The lowest BCUT2D eigenvalue weighted by Gasteiger charge is -2.07. The van der Waals surface area contributed by atoms with Gasteiger partial charge in [-0.25, -0.2) is 4.39 Å². The summed E-state index contributed by atoms with van der Waals surface area (Å²) in [6, 6.07) is 12.9. The van der Waals surface area contributed by atoms with Gasteiger partial charge in [0.1, 0.15) is 11.6 Å². The van der Waals surface area contributed by atoms with E-state index in [1.54, 1.807) is 19.2 Å². The third-order valence-corrected chi connectivity index (χ3v) is 3.38. The van der Waals surface area contributed by atoms with Crippen LogP contribution in [-0.2, 0) is 13.1 Å². The standard InChI is InChI=1S/C15H15BrFNO/c1-19-13-4-2-3-11(7-13)9-18-10-12-5-6-15(17)14(16)8-12/h2-8,18H,9-10H2,1H3. The molecule has 0 saturated carbocycles. The molecule has 0 saturated heterocycles. The fourth-order valence-corrected chi connectivity index (χ4v) is 2.21. The van der Waals surface area contributed by atoms with Gasteiger partial charge in [-0.1, -0.05) is 18.2 Å². The Kier molecular flexibility index (Phi) is 4.93. The molecule has 0 aliphatic heterocycles. The first-order chi connectivity index (χ1) is 9.19. The van der Waals surface area contributed by atoms with Crippen molar-refractivity contribution in [2.45, 2.75) is 13.1 Å². The van der Waals surface area contributed by atoms with E-state index < -0.39 is 0 Å². The van der Waals surface area contributed by atoms with E-state index in [2.05, 4.69) is 21.2 Å². The van der Waals surface area contributed by atoms with Crippen molar-refractivity contribution in [1.82, 2.24) is 5.32 Å². The van der Waals surface area contributed by atoms with Crippen molar-refractivity contribution in [3.63, 3.8) is 0 Å². The largest absolute Gasteiger partial charge is 0.497 e. The molecule has 0 aliphatic rings. The van der Waals surface area contributed by atoms with Crippen LogP contribution in [0.5, 0.6) is 5.75 Å². The summed E-state index contributed by atoms with van der Waals surface area (Å²) in [4.78, 5) is 0. The third-order valence-electron chi connectivity index (χ3n) is 2.78. The second kappa shape index (κ2) is 6.68. The van der Waals surface area contributed by atoms with Gasteiger partial charge in [0.25, 0.3) is 0 Å². The molecule has 2 aromatic carbocycles. The zero-order valence-corrected chi connectivity index (χ0v) is 12.2. The molecule has 0 atom stereocenters. The second-order valence-corrected chi connectivity index (χ2v) is 5.06. The lowest BCUT2D eigenvalue weighted by atomic mass is 10.2. The number of benzene rings is 2. The van der Waals surface area contributed by atoms with Crippen molar-refractivity contribution in [1.29, 1.82) is 0 Å². The van der Waals surface area contributed by atoms with Crippen LogP contribution in [-0.4, -0.2) is 7.11 Å². The molecular weight excluding hydrogens is 309 g/mol. The minimum Gasteiger partial charge on any atom is -0.497 e. The molecule has 1 N–H and O–H groups in total. The Morgan fingerprint density at radius 3 is 2.53 bits per heavy atom. The molecule has 0 fully saturated rings. The maximum absolute atomic E-state index is 13.1. The summed E-state index contributed by atoms with van der Waals surface area (Å²) in [7, 11) is 1.66. The molecule has 0 unspecified atom stereocenters. The van der Waals surface area contributed by atoms with Gasteiger partial charge in [-0.15, -0.1) is 0 Å². The van der Waals surface area contributed by atoms with Crippen LogP contribution in [0.1, 0.15) is 11.1 Å². The van der Waals surface area contributed by atoms with Crippen molar-refractivity contribution in [2.24, 2.45) is 0 Å². The van der Waals surface area contributed by atoms with Gasteiger partial charge in [0.2, 0.25) is 0 Å². The van der Waals surface area contributed by atoms with E-state index in [0.29, 0.717) is 11.0 Å². The van der Waals surface area contributed by atoms with Crippen LogP contribution in [0, 0.1) is 5.82 Å². The highest BCUT2D eigenvalue weighted by Crippen LogP contribution is 2.17. The average molecular weight is 324 g/mol. The van der Waals surface area contributed by atoms with E-state index in [1.165, 1.54) is 6.07 Å². The summed E-state index contributed by atoms with van der Waals surface area (Å²) >= 11 is 3.18. The van der Waals surface area contributed by atoms with E-state index in [1.807, 2.05) is 24.3 Å². The molecule has 0 aliphatic carbocycles. The first kappa shape index (κ1) is 14.0. The Balaban J connectivity index is 1.90. The summed E-state index contributed by atoms with van der Waals surface area (Å²) in [6.45, 7) is 1.43. The molecule has 19 heavy (non-hydrogen) atoms. The van der Waals surface area contributed by atoms with Gasteiger partial charge < -0.3 is 10.1 Å². The van der Waals surface area contributed by atoms with Crippen LogP contribution in [0.25, 0.3) is 0 Å². The summed E-state index contributed by atoms with van der Waals surface area (Å²) in [5, 5.41) is 3.32. The van der Waals surface area contributed by atoms with Crippen molar-refractivity contribution in [3.8, 4) is 5.75 Å². The topological polar surface area (TPSA) is 21.3 Å². The van der Waals surface area contributed by atoms with E-state index in [4.69, 9.17) is 4.74 Å². The van der Waals surface area contributed by atoms with Gasteiger partial charge in [-0.3, -0.25) is 0 Å². The second-order valence-electron chi connectivity index (χ2n) is 4.20. The van der Waals surface area contributed by atoms with Crippen LogP contribution < -0.4 is 10.1 Å². The Bertz CT molecular complexity index is 560. The van der Waals surface area contributed by atoms with Crippen molar-refractivity contribution < 1.29 is 9.13 Å². The van der Waals surface area contributed by atoms with Gasteiger partial charge in [0, 0.05) is 13.1 Å². The molecule has 100 valence electrons. The normalized spacial score (nSPS) is 10.5. The number of rotatable bonds is 5. The molecule has 0 aromatic heterocycles. The SMILES string of the molecule is COc1cccc(CNCc2ccc(F)c(Br)c2)c1. The molecule has 0 radical (unpaired) electrons. The van der Waals surface area contributed by atoms with E-state index in [0.717, 1.165) is 23.4 Å².